The maximum atomic E-state index is 10.8. The van der Waals surface area contributed by atoms with Crippen molar-refractivity contribution in [2.75, 3.05) is 6.61 Å². The van der Waals surface area contributed by atoms with Crippen LogP contribution in [0.4, 0.5) is 0 Å². The second-order valence-electron chi connectivity index (χ2n) is 4.74. The van der Waals surface area contributed by atoms with Gasteiger partial charge in [0.25, 0.3) is 0 Å². The summed E-state index contributed by atoms with van der Waals surface area (Å²) in [7, 11) is 0. The first-order chi connectivity index (χ1) is 7.49. The van der Waals surface area contributed by atoms with Gasteiger partial charge in [0.05, 0.1) is 17.8 Å². The first-order valence-corrected chi connectivity index (χ1v) is 7.31. The summed E-state index contributed by atoms with van der Waals surface area (Å²) in [5.74, 6) is 0. The fourth-order valence-electron chi connectivity index (χ4n) is 2.29. The Morgan fingerprint density at radius 1 is 1.56 bits per heavy atom. The van der Waals surface area contributed by atoms with Gasteiger partial charge in [-0.2, -0.15) is 11.3 Å². The molecule has 2 rings (SSSR count). The third kappa shape index (κ3) is 2.21. The molecule has 1 aliphatic heterocycles. The second kappa shape index (κ2) is 4.41. The zero-order valence-corrected chi connectivity index (χ0v) is 12.0. The molecule has 0 amide bonds. The quantitative estimate of drug-likeness (QED) is 0.903. The van der Waals surface area contributed by atoms with Crippen LogP contribution in [0, 0.1) is 0 Å². The first-order valence-electron chi connectivity index (χ1n) is 5.58. The monoisotopic (exact) mass is 304 g/mol. The molecular weight excluding hydrogens is 288 g/mol. The Labute approximate surface area is 109 Å². The Morgan fingerprint density at radius 2 is 2.31 bits per heavy atom. The molecule has 2 heterocycles. The van der Waals surface area contributed by atoms with Gasteiger partial charge in [0.15, 0.2) is 0 Å². The van der Waals surface area contributed by atoms with Gasteiger partial charge in [0.2, 0.25) is 0 Å². The number of halogens is 1. The van der Waals surface area contributed by atoms with Crippen molar-refractivity contribution in [3.05, 3.63) is 20.8 Å². The highest BCUT2D eigenvalue weighted by atomic mass is 79.9. The SMILES string of the molecule is CCC1(C)CC(O)(c2cscc2Br)CCO1. The predicted molar refractivity (Wildman–Crippen MR) is 69.8 cm³/mol. The molecule has 0 saturated carbocycles. The van der Waals surface area contributed by atoms with Crippen molar-refractivity contribution in [1.82, 2.24) is 0 Å². The van der Waals surface area contributed by atoms with Gasteiger partial charge in [-0.05, 0) is 34.7 Å². The summed E-state index contributed by atoms with van der Waals surface area (Å²) in [5.41, 5.74) is 0.0800. The van der Waals surface area contributed by atoms with Crippen LogP contribution in [0.1, 0.15) is 38.7 Å². The number of thiophene rings is 1. The van der Waals surface area contributed by atoms with Crippen LogP contribution in [0.2, 0.25) is 0 Å². The van der Waals surface area contributed by atoms with Crippen molar-refractivity contribution < 1.29 is 9.84 Å². The van der Waals surface area contributed by atoms with Gasteiger partial charge < -0.3 is 9.84 Å². The minimum Gasteiger partial charge on any atom is -0.385 e. The van der Waals surface area contributed by atoms with Crippen molar-refractivity contribution in [3.8, 4) is 0 Å². The normalized spacial score (nSPS) is 35.2. The minimum absolute atomic E-state index is 0.200. The van der Waals surface area contributed by atoms with Crippen LogP contribution >= 0.6 is 27.3 Å². The highest BCUT2D eigenvalue weighted by Crippen LogP contribution is 2.44. The van der Waals surface area contributed by atoms with E-state index < -0.39 is 5.60 Å². The molecule has 0 aromatic carbocycles. The van der Waals surface area contributed by atoms with E-state index in [4.69, 9.17) is 4.74 Å². The van der Waals surface area contributed by atoms with Crippen LogP contribution < -0.4 is 0 Å². The zero-order valence-electron chi connectivity index (χ0n) is 9.62. The van der Waals surface area contributed by atoms with Crippen LogP contribution in [0.15, 0.2) is 15.2 Å². The highest BCUT2D eigenvalue weighted by molar-refractivity contribution is 9.10. The lowest BCUT2D eigenvalue weighted by Gasteiger charge is -2.43. The van der Waals surface area contributed by atoms with E-state index in [1.54, 1.807) is 11.3 Å². The van der Waals surface area contributed by atoms with Crippen LogP contribution in [0.5, 0.6) is 0 Å². The Balaban J connectivity index is 2.29. The Hall–Kier alpha value is 0.1000. The standard InChI is InChI=1S/C12H17BrO2S/c1-3-11(2)8-12(14,4-5-15-11)9-6-16-7-10(9)13/h6-7,14H,3-5,8H2,1-2H3. The molecule has 1 N–H and O–H groups in total. The summed E-state index contributed by atoms with van der Waals surface area (Å²) in [6, 6.07) is 0. The van der Waals surface area contributed by atoms with Crippen molar-refractivity contribution in [1.29, 1.82) is 0 Å². The zero-order chi connectivity index (χ0) is 11.8. The smallest absolute Gasteiger partial charge is 0.0964 e. The van der Waals surface area contributed by atoms with Gasteiger partial charge in [-0.1, -0.05) is 6.92 Å². The molecule has 0 aliphatic carbocycles. The summed E-state index contributed by atoms with van der Waals surface area (Å²) >= 11 is 5.12. The Morgan fingerprint density at radius 3 is 2.88 bits per heavy atom. The van der Waals surface area contributed by atoms with E-state index in [0.29, 0.717) is 19.4 Å². The van der Waals surface area contributed by atoms with E-state index in [-0.39, 0.29) is 5.60 Å². The third-order valence-electron chi connectivity index (χ3n) is 3.50. The molecule has 2 atom stereocenters. The lowest BCUT2D eigenvalue weighted by molar-refractivity contribution is -0.157. The number of hydrogen-bond acceptors (Lipinski definition) is 3. The van der Waals surface area contributed by atoms with E-state index in [2.05, 4.69) is 29.8 Å². The molecule has 1 aromatic heterocycles. The summed E-state index contributed by atoms with van der Waals surface area (Å²) in [6.07, 6.45) is 2.28. The number of ether oxygens (including phenoxy) is 1. The van der Waals surface area contributed by atoms with E-state index >= 15 is 0 Å². The number of rotatable bonds is 2. The topological polar surface area (TPSA) is 29.5 Å². The molecule has 0 radical (unpaired) electrons. The minimum atomic E-state index is -0.734. The van der Waals surface area contributed by atoms with E-state index in [1.807, 2.05) is 10.8 Å². The fourth-order valence-corrected chi connectivity index (χ4v) is 4.05. The lowest BCUT2D eigenvalue weighted by atomic mass is 9.78. The van der Waals surface area contributed by atoms with Gasteiger partial charge in [0.1, 0.15) is 0 Å². The number of hydrogen-bond donors (Lipinski definition) is 1. The van der Waals surface area contributed by atoms with E-state index in [9.17, 15) is 5.11 Å². The molecule has 1 fully saturated rings. The summed E-state index contributed by atoms with van der Waals surface area (Å²) in [5, 5.41) is 14.8. The molecule has 1 aliphatic rings. The maximum absolute atomic E-state index is 10.8. The molecule has 2 nitrogen and oxygen atoms in total. The summed E-state index contributed by atoms with van der Waals surface area (Å²) in [4.78, 5) is 0. The molecule has 4 heteroatoms. The number of aliphatic hydroxyl groups is 1. The van der Waals surface area contributed by atoms with Crippen molar-refractivity contribution in [2.45, 2.75) is 44.3 Å². The molecule has 1 aromatic rings. The van der Waals surface area contributed by atoms with Crippen LogP contribution in [0.3, 0.4) is 0 Å². The molecule has 90 valence electrons. The molecule has 0 spiro atoms. The average Bonchev–Trinajstić information content (AvgIpc) is 2.65. The Kier molecular flexibility index (Phi) is 3.46. The molecular formula is C12H17BrO2S. The fraction of sp³-hybridized carbons (Fsp3) is 0.667. The van der Waals surface area contributed by atoms with Gasteiger partial charge in [0, 0.05) is 28.3 Å². The summed E-state index contributed by atoms with van der Waals surface area (Å²) < 4.78 is 6.79. The van der Waals surface area contributed by atoms with Gasteiger partial charge >= 0.3 is 0 Å². The summed E-state index contributed by atoms with van der Waals surface area (Å²) in [6.45, 7) is 4.81. The lowest BCUT2D eigenvalue weighted by Crippen LogP contribution is -2.45. The first kappa shape index (κ1) is 12.6. The molecule has 1 saturated heterocycles. The van der Waals surface area contributed by atoms with E-state index in [0.717, 1.165) is 16.5 Å². The van der Waals surface area contributed by atoms with Crippen LogP contribution in [-0.4, -0.2) is 17.3 Å². The van der Waals surface area contributed by atoms with Gasteiger partial charge in [-0.25, -0.2) is 0 Å². The maximum Gasteiger partial charge on any atom is 0.0964 e. The predicted octanol–water partition coefficient (Wildman–Crippen LogP) is 3.68. The largest absolute Gasteiger partial charge is 0.385 e. The molecule has 2 unspecified atom stereocenters. The van der Waals surface area contributed by atoms with Crippen LogP contribution in [0.25, 0.3) is 0 Å². The van der Waals surface area contributed by atoms with Crippen molar-refractivity contribution in [3.63, 3.8) is 0 Å². The van der Waals surface area contributed by atoms with Crippen molar-refractivity contribution in [2.24, 2.45) is 0 Å². The molecule has 16 heavy (non-hydrogen) atoms. The van der Waals surface area contributed by atoms with Gasteiger partial charge in [-0.3, -0.25) is 0 Å². The average molecular weight is 305 g/mol. The second-order valence-corrected chi connectivity index (χ2v) is 6.34. The molecule has 0 bridgehead atoms. The van der Waals surface area contributed by atoms with Crippen LogP contribution in [-0.2, 0) is 10.3 Å². The van der Waals surface area contributed by atoms with Gasteiger partial charge in [-0.15, -0.1) is 0 Å². The Bertz CT molecular complexity index is 379. The highest BCUT2D eigenvalue weighted by Gasteiger charge is 2.43. The van der Waals surface area contributed by atoms with Crippen molar-refractivity contribution >= 4 is 27.3 Å². The van der Waals surface area contributed by atoms with E-state index in [1.165, 1.54) is 0 Å². The third-order valence-corrected chi connectivity index (χ3v) is 5.20.